The summed E-state index contributed by atoms with van der Waals surface area (Å²) in [5, 5.41) is 15.1. The van der Waals surface area contributed by atoms with Gasteiger partial charge in [-0.3, -0.25) is 9.59 Å². The Labute approximate surface area is 187 Å². The maximum absolute atomic E-state index is 12.3. The van der Waals surface area contributed by atoms with Gasteiger partial charge in [-0.15, -0.1) is 10.2 Å². The first-order chi connectivity index (χ1) is 15.1. The van der Waals surface area contributed by atoms with Crippen molar-refractivity contribution in [1.82, 2.24) is 15.5 Å². The zero-order valence-electron chi connectivity index (χ0n) is 16.4. The lowest BCUT2D eigenvalue weighted by Gasteiger charge is -2.06. The Morgan fingerprint density at radius 1 is 1.10 bits per heavy atom. The van der Waals surface area contributed by atoms with Crippen LogP contribution in [0.5, 0.6) is 11.5 Å². The SMILES string of the molecule is O=C(CCCc1nnc(C(=O)Nc2cccc(Cl)c2)s1)NCc1ccc2c(c1)OCO2. The summed E-state index contributed by atoms with van der Waals surface area (Å²) >= 11 is 7.13. The fourth-order valence-corrected chi connectivity index (χ4v) is 3.90. The molecule has 2 heterocycles. The summed E-state index contributed by atoms with van der Waals surface area (Å²) in [5.41, 5.74) is 1.53. The molecule has 0 bridgehead atoms. The van der Waals surface area contributed by atoms with Crippen LogP contribution < -0.4 is 20.1 Å². The second-order valence-corrected chi connectivity index (χ2v) is 8.28. The summed E-state index contributed by atoms with van der Waals surface area (Å²) in [6.07, 6.45) is 1.53. The largest absolute Gasteiger partial charge is 0.454 e. The first-order valence-corrected chi connectivity index (χ1v) is 10.8. The molecule has 0 fully saturated rings. The van der Waals surface area contributed by atoms with E-state index in [0.29, 0.717) is 53.0 Å². The van der Waals surface area contributed by atoms with Gasteiger partial charge in [0.1, 0.15) is 5.01 Å². The molecule has 1 aliphatic heterocycles. The van der Waals surface area contributed by atoms with E-state index in [1.165, 1.54) is 11.3 Å². The molecule has 2 amide bonds. The van der Waals surface area contributed by atoms with Gasteiger partial charge in [0.05, 0.1) is 0 Å². The molecule has 160 valence electrons. The number of nitrogens with zero attached hydrogens (tertiary/aromatic N) is 2. The third kappa shape index (κ3) is 5.71. The van der Waals surface area contributed by atoms with Crippen LogP contribution in [0.25, 0.3) is 0 Å². The maximum Gasteiger partial charge on any atom is 0.286 e. The van der Waals surface area contributed by atoms with Gasteiger partial charge in [0.2, 0.25) is 17.7 Å². The van der Waals surface area contributed by atoms with Crippen LogP contribution in [0.3, 0.4) is 0 Å². The van der Waals surface area contributed by atoms with Gasteiger partial charge in [0, 0.05) is 30.1 Å². The molecular weight excluding hydrogens is 440 g/mol. The van der Waals surface area contributed by atoms with Crippen LogP contribution in [-0.4, -0.2) is 28.8 Å². The van der Waals surface area contributed by atoms with Crippen molar-refractivity contribution < 1.29 is 19.1 Å². The predicted octanol–water partition coefficient (Wildman–Crippen LogP) is 3.81. The van der Waals surface area contributed by atoms with Crippen molar-refractivity contribution in [2.24, 2.45) is 0 Å². The predicted molar refractivity (Wildman–Crippen MR) is 117 cm³/mol. The molecule has 0 aliphatic carbocycles. The Morgan fingerprint density at radius 3 is 2.84 bits per heavy atom. The third-order valence-electron chi connectivity index (χ3n) is 4.46. The molecule has 2 aromatic carbocycles. The number of benzene rings is 2. The smallest absolute Gasteiger partial charge is 0.286 e. The third-order valence-corrected chi connectivity index (χ3v) is 5.68. The lowest BCUT2D eigenvalue weighted by Crippen LogP contribution is -2.22. The van der Waals surface area contributed by atoms with Crippen molar-refractivity contribution in [1.29, 1.82) is 0 Å². The van der Waals surface area contributed by atoms with Crippen LogP contribution in [0, 0.1) is 0 Å². The number of nitrogens with one attached hydrogen (secondary N) is 2. The number of carbonyl (C=O) groups is 2. The van der Waals surface area contributed by atoms with Crippen LogP contribution in [0.15, 0.2) is 42.5 Å². The first-order valence-electron chi connectivity index (χ1n) is 9.61. The van der Waals surface area contributed by atoms with Crippen molar-refractivity contribution in [3.63, 3.8) is 0 Å². The molecule has 1 aliphatic rings. The number of amides is 2. The molecule has 10 heteroatoms. The lowest BCUT2D eigenvalue weighted by molar-refractivity contribution is -0.121. The van der Waals surface area contributed by atoms with Crippen molar-refractivity contribution in [2.75, 3.05) is 12.1 Å². The van der Waals surface area contributed by atoms with E-state index in [-0.39, 0.29) is 23.6 Å². The van der Waals surface area contributed by atoms with Crippen LogP contribution >= 0.6 is 22.9 Å². The first kappa shape index (κ1) is 21.1. The van der Waals surface area contributed by atoms with Gasteiger partial charge in [0.15, 0.2) is 11.5 Å². The van der Waals surface area contributed by atoms with Crippen molar-refractivity contribution >= 4 is 40.4 Å². The van der Waals surface area contributed by atoms with Crippen LogP contribution in [0.2, 0.25) is 5.02 Å². The van der Waals surface area contributed by atoms with Gasteiger partial charge in [-0.05, 0) is 42.3 Å². The number of carbonyl (C=O) groups excluding carboxylic acids is 2. The number of aryl methyl sites for hydroxylation is 1. The van der Waals surface area contributed by atoms with Gasteiger partial charge in [-0.1, -0.05) is 35.1 Å². The number of rotatable bonds is 8. The molecule has 2 N–H and O–H groups in total. The molecule has 0 spiro atoms. The molecule has 3 aromatic rings. The molecule has 8 nitrogen and oxygen atoms in total. The summed E-state index contributed by atoms with van der Waals surface area (Å²) in [7, 11) is 0. The highest BCUT2D eigenvalue weighted by molar-refractivity contribution is 7.13. The molecule has 31 heavy (non-hydrogen) atoms. The van der Waals surface area contributed by atoms with E-state index in [4.69, 9.17) is 21.1 Å². The van der Waals surface area contributed by atoms with E-state index in [1.807, 2.05) is 18.2 Å². The number of ether oxygens (including phenoxy) is 2. The van der Waals surface area contributed by atoms with E-state index in [0.717, 1.165) is 5.56 Å². The highest BCUT2D eigenvalue weighted by atomic mass is 35.5. The zero-order valence-corrected chi connectivity index (χ0v) is 18.0. The second kappa shape index (κ2) is 9.76. The van der Waals surface area contributed by atoms with Crippen LogP contribution in [0.1, 0.15) is 33.2 Å². The Balaban J connectivity index is 1.20. The molecule has 0 saturated heterocycles. The van der Waals surface area contributed by atoms with Gasteiger partial charge in [-0.25, -0.2) is 0 Å². The minimum atomic E-state index is -0.340. The highest BCUT2D eigenvalue weighted by Gasteiger charge is 2.15. The van der Waals surface area contributed by atoms with E-state index in [1.54, 1.807) is 24.3 Å². The minimum absolute atomic E-state index is 0.0545. The van der Waals surface area contributed by atoms with E-state index in [2.05, 4.69) is 20.8 Å². The number of hydrogen-bond acceptors (Lipinski definition) is 7. The van der Waals surface area contributed by atoms with E-state index in [9.17, 15) is 9.59 Å². The van der Waals surface area contributed by atoms with E-state index >= 15 is 0 Å². The number of hydrogen-bond donors (Lipinski definition) is 2. The fraction of sp³-hybridized carbons (Fsp3) is 0.238. The summed E-state index contributed by atoms with van der Waals surface area (Å²) in [5.74, 6) is 1.01. The summed E-state index contributed by atoms with van der Waals surface area (Å²) in [4.78, 5) is 24.4. The Morgan fingerprint density at radius 2 is 1.97 bits per heavy atom. The van der Waals surface area contributed by atoms with Gasteiger partial charge < -0.3 is 20.1 Å². The van der Waals surface area contributed by atoms with Crippen molar-refractivity contribution in [3.05, 3.63) is 63.1 Å². The molecule has 0 unspecified atom stereocenters. The standard InChI is InChI=1S/C21H19ClN4O4S/c22-14-3-1-4-15(10-14)24-20(28)21-26-25-19(31-21)6-2-5-18(27)23-11-13-7-8-16-17(9-13)30-12-29-16/h1,3-4,7-10H,2,5-6,11-12H2,(H,23,27)(H,24,28). The van der Waals surface area contributed by atoms with Gasteiger partial charge in [0.25, 0.3) is 5.91 Å². The fourth-order valence-electron chi connectivity index (χ4n) is 2.94. The quantitative estimate of drug-likeness (QED) is 0.532. The monoisotopic (exact) mass is 458 g/mol. The highest BCUT2D eigenvalue weighted by Crippen LogP contribution is 2.32. The number of fused-ring (bicyclic) bond motifs is 1. The van der Waals surface area contributed by atoms with Crippen molar-refractivity contribution in [3.8, 4) is 11.5 Å². The molecule has 4 rings (SSSR count). The number of aromatic nitrogens is 2. The Hall–Kier alpha value is -3.17. The normalized spacial score (nSPS) is 11.9. The van der Waals surface area contributed by atoms with Crippen molar-refractivity contribution in [2.45, 2.75) is 25.8 Å². The van der Waals surface area contributed by atoms with E-state index < -0.39 is 0 Å². The summed E-state index contributed by atoms with van der Waals surface area (Å²) < 4.78 is 10.6. The molecule has 0 atom stereocenters. The molecule has 0 saturated carbocycles. The average molecular weight is 459 g/mol. The maximum atomic E-state index is 12.3. The van der Waals surface area contributed by atoms with Gasteiger partial charge >= 0.3 is 0 Å². The summed E-state index contributed by atoms with van der Waals surface area (Å²) in [6.45, 7) is 0.642. The number of anilines is 1. The zero-order chi connectivity index (χ0) is 21.6. The van der Waals surface area contributed by atoms with Crippen LogP contribution in [0.4, 0.5) is 5.69 Å². The Kier molecular flexibility index (Phi) is 6.63. The molecular formula is C21H19ClN4O4S. The second-order valence-electron chi connectivity index (χ2n) is 6.78. The molecule has 0 radical (unpaired) electrons. The van der Waals surface area contributed by atoms with Gasteiger partial charge in [-0.2, -0.15) is 0 Å². The van der Waals surface area contributed by atoms with Crippen LogP contribution in [-0.2, 0) is 17.8 Å². The Bertz CT molecular complexity index is 1100. The average Bonchev–Trinajstić information content (AvgIpc) is 3.41. The summed E-state index contributed by atoms with van der Waals surface area (Å²) in [6, 6.07) is 12.5. The topological polar surface area (TPSA) is 102 Å². The minimum Gasteiger partial charge on any atom is -0.454 e. The lowest BCUT2D eigenvalue weighted by atomic mass is 10.2. The number of halogens is 1. The molecule has 1 aromatic heterocycles.